The fraction of sp³-hybridized carbons (Fsp3) is 0.455. The van der Waals surface area contributed by atoms with Crippen LogP contribution in [0, 0.1) is 11.8 Å². The van der Waals surface area contributed by atoms with Crippen LogP contribution in [0.2, 0.25) is 0 Å². The zero-order valence-corrected chi connectivity index (χ0v) is 28.9. The molecule has 0 saturated carbocycles. The van der Waals surface area contributed by atoms with Crippen molar-refractivity contribution in [2.75, 3.05) is 11.1 Å². The number of carbonyl (C=O) groups excluding carboxylic acids is 4. The van der Waals surface area contributed by atoms with E-state index in [0.717, 1.165) is 0 Å². The van der Waals surface area contributed by atoms with Gasteiger partial charge in [-0.3, -0.25) is 19.1 Å². The summed E-state index contributed by atoms with van der Waals surface area (Å²) < 4.78 is 87.7. The number of amides is 4. The molecule has 0 spiro atoms. The number of anilines is 1. The van der Waals surface area contributed by atoms with Gasteiger partial charge in [-0.25, -0.2) is 14.6 Å². The molecular formula is C33H37F6N5O7S. The number of para-hydroxylation sites is 1. The number of carbonyl (C=O) groups is 5. The second kappa shape index (κ2) is 17.6. The zero-order chi connectivity index (χ0) is 38.9. The number of alkyl carbamates (subject to hydrolysis) is 1. The summed E-state index contributed by atoms with van der Waals surface area (Å²) in [5.41, 5.74) is 0.442. The van der Waals surface area contributed by atoms with E-state index in [0.29, 0.717) is 28.8 Å². The SMILES string of the molecule is CC(C)(C)OC(=O)NC(CSNC(=O)[C@@H](CCC(F)(F)F)[C@@H](CCC(F)(F)F)C(=O)N[C@H]1N=C(c2ccccc2)c2ccccc2NC1=O)C(=O)O. The molecule has 1 unspecified atom stereocenters. The van der Waals surface area contributed by atoms with E-state index in [9.17, 15) is 55.4 Å². The highest BCUT2D eigenvalue weighted by atomic mass is 32.2. The summed E-state index contributed by atoms with van der Waals surface area (Å²) >= 11 is 0.330. The highest BCUT2D eigenvalue weighted by Gasteiger charge is 2.41. The number of aliphatic imine (C=N–C) groups is 1. The Labute approximate surface area is 298 Å². The van der Waals surface area contributed by atoms with E-state index in [2.05, 4.69) is 25.7 Å². The van der Waals surface area contributed by atoms with E-state index in [1.54, 1.807) is 54.6 Å². The van der Waals surface area contributed by atoms with Gasteiger partial charge in [0.25, 0.3) is 5.91 Å². The van der Waals surface area contributed by atoms with Crippen molar-refractivity contribution in [2.45, 2.75) is 76.6 Å². The minimum absolute atomic E-state index is 0.211. The highest BCUT2D eigenvalue weighted by Crippen LogP contribution is 2.33. The number of carboxylic acids is 1. The largest absolute Gasteiger partial charge is 0.480 e. The normalized spacial score (nSPS) is 16.5. The molecule has 1 heterocycles. The van der Waals surface area contributed by atoms with Gasteiger partial charge < -0.3 is 25.8 Å². The van der Waals surface area contributed by atoms with Gasteiger partial charge in [-0.15, -0.1) is 0 Å². The maximum absolute atomic E-state index is 13.7. The van der Waals surface area contributed by atoms with Crippen molar-refractivity contribution in [3.63, 3.8) is 0 Å². The number of fused-ring (bicyclic) bond motifs is 1. The van der Waals surface area contributed by atoms with E-state index in [1.165, 1.54) is 20.8 Å². The molecule has 2 aromatic rings. The van der Waals surface area contributed by atoms with Crippen LogP contribution in [0.4, 0.5) is 36.8 Å². The fourth-order valence-corrected chi connectivity index (χ4v) is 5.76. The van der Waals surface area contributed by atoms with Gasteiger partial charge in [-0.2, -0.15) is 26.3 Å². The van der Waals surface area contributed by atoms with E-state index in [4.69, 9.17) is 4.74 Å². The van der Waals surface area contributed by atoms with Crippen molar-refractivity contribution in [1.29, 1.82) is 0 Å². The van der Waals surface area contributed by atoms with Crippen LogP contribution in [0.5, 0.6) is 0 Å². The molecule has 19 heteroatoms. The van der Waals surface area contributed by atoms with E-state index in [-0.39, 0.29) is 5.71 Å². The number of alkyl halides is 6. The molecule has 5 N–H and O–H groups in total. The van der Waals surface area contributed by atoms with Crippen molar-refractivity contribution in [2.24, 2.45) is 16.8 Å². The number of ether oxygens (including phenoxy) is 1. The number of rotatable bonds is 14. The molecule has 0 radical (unpaired) electrons. The standard InChI is InChI=1S/C33H37F6N5O7S/c1-31(2,3)51-30(50)41-23(29(48)49)17-52-44-27(46)20(14-16-33(37,38)39)19(13-15-32(34,35)36)26(45)43-25-28(47)40-22-12-8-7-11-21(22)24(42-25)18-9-5-4-6-10-18/h4-12,19-20,23,25H,13-17H2,1-3H3,(H,40,47)(H,41,50)(H,43,45)(H,44,46)(H,48,49)/t19-,20+,23?,25-/m1/s1. The number of benzodiazepines with no additional fused rings is 1. The predicted molar refractivity (Wildman–Crippen MR) is 178 cm³/mol. The molecule has 12 nitrogen and oxygen atoms in total. The minimum Gasteiger partial charge on any atom is -0.480 e. The van der Waals surface area contributed by atoms with Crippen molar-refractivity contribution >= 4 is 53.1 Å². The van der Waals surface area contributed by atoms with Crippen LogP contribution in [0.15, 0.2) is 59.6 Å². The summed E-state index contributed by atoms with van der Waals surface area (Å²) in [7, 11) is 0. The van der Waals surface area contributed by atoms with Gasteiger partial charge in [-0.05, 0) is 51.6 Å². The lowest BCUT2D eigenvalue weighted by molar-refractivity contribution is -0.152. The number of aliphatic carboxylic acids is 1. The molecule has 1 aliphatic heterocycles. The summed E-state index contributed by atoms with van der Waals surface area (Å²) in [6, 6.07) is 13.2. The molecule has 0 fully saturated rings. The summed E-state index contributed by atoms with van der Waals surface area (Å²) in [5.74, 6) is -9.84. The molecule has 4 amide bonds. The summed E-state index contributed by atoms with van der Waals surface area (Å²) in [5, 5.41) is 16.4. The Balaban J connectivity index is 1.92. The number of hydrogen-bond acceptors (Lipinski definition) is 8. The highest BCUT2D eigenvalue weighted by molar-refractivity contribution is 7.98. The Kier molecular flexibility index (Phi) is 14.1. The Morgan fingerprint density at radius 2 is 1.44 bits per heavy atom. The third-order valence-electron chi connectivity index (χ3n) is 7.32. The third-order valence-corrected chi connectivity index (χ3v) is 8.17. The summed E-state index contributed by atoms with van der Waals surface area (Å²) in [6.45, 7) is 4.54. The molecular weight excluding hydrogens is 724 g/mol. The van der Waals surface area contributed by atoms with Crippen LogP contribution in [0.25, 0.3) is 0 Å². The van der Waals surface area contributed by atoms with Crippen molar-refractivity contribution in [1.82, 2.24) is 15.4 Å². The number of hydrogen-bond donors (Lipinski definition) is 5. The van der Waals surface area contributed by atoms with Crippen LogP contribution in [-0.2, 0) is 23.9 Å². The Bertz CT molecular complexity index is 1630. The van der Waals surface area contributed by atoms with Gasteiger partial charge in [-0.1, -0.05) is 48.5 Å². The number of benzene rings is 2. The predicted octanol–water partition coefficient (Wildman–Crippen LogP) is 5.58. The maximum Gasteiger partial charge on any atom is 0.408 e. The number of halogens is 6. The number of nitrogens with one attached hydrogen (secondary N) is 4. The number of nitrogens with zero attached hydrogens (tertiary/aromatic N) is 1. The average molecular weight is 762 g/mol. The molecule has 4 atom stereocenters. The van der Waals surface area contributed by atoms with Crippen LogP contribution in [0.3, 0.4) is 0 Å². The van der Waals surface area contributed by atoms with Crippen LogP contribution in [-0.4, -0.2) is 76.5 Å². The van der Waals surface area contributed by atoms with Gasteiger partial charge in [0.15, 0.2) is 0 Å². The first-order valence-corrected chi connectivity index (χ1v) is 16.7. The molecule has 52 heavy (non-hydrogen) atoms. The van der Waals surface area contributed by atoms with E-state index >= 15 is 0 Å². The van der Waals surface area contributed by atoms with E-state index < -0.39 is 103 Å². The Morgan fingerprint density at radius 3 is 2.00 bits per heavy atom. The smallest absolute Gasteiger partial charge is 0.408 e. The zero-order valence-electron chi connectivity index (χ0n) is 28.1. The summed E-state index contributed by atoms with van der Waals surface area (Å²) in [4.78, 5) is 68.5. The van der Waals surface area contributed by atoms with Crippen LogP contribution < -0.4 is 20.7 Å². The van der Waals surface area contributed by atoms with Crippen LogP contribution in [0.1, 0.15) is 57.6 Å². The minimum atomic E-state index is -4.89. The van der Waals surface area contributed by atoms with Gasteiger partial charge >= 0.3 is 24.4 Å². The van der Waals surface area contributed by atoms with Crippen molar-refractivity contribution < 1.29 is 60.2 Å². The van der Waals surface area contributed by atoms with Crippen molar-refractivity contribution in [3.05, 3.63) is 65.7 Å². The first-order chi connectivity index (χ1) is 24.1. The molecule has 0 aliphatic carbocycles. The van der Waals surface area contributed by atoms with Crippen molar-refractivity contribution in [3.8, 4) is 0 Å². The van der Waals surface area contributed by atoms with Gasteiger partial charge in [0.05, 0.1) is 17.3 Å². The molecule has 284 valence electrons. The lowest BCUT2D eigenvalue weighted by Crippen LogP contribution is -2.48. The average Bonchev–Trinajstić information content (AvgIpc) is 3.16. The third kappa shape index (κ3) is 13.4. The Hall–Kier alpha value is -4.81. The second-order valence-electron chi connectivity index (χ2n) is 12.6. The monoisotopic (exact) mass is 761 g/mol. The molecule has 1 aliphatic rings. The molecule has 0 aromatic heterocycles. The van der Waals surface area contributed by atoms with E-state index in [1.807, 2.05) is 0 Å². The molecule has 0 bridgehead atoms. The lowest BCUT2D eigenvalue weighted by Gasteiger charge is -2.27. The van der Waals surface area contributed by atoms with Gasteiger partial charge in [0, 0.05) is 35.6 Å². The molecule has 3 rings (SSSR count). The number of carboxylic acid groups (broad SMARTS) is 1. The van der Waals surface area contributed by atoms with Crippen LogP contribution >= 0.6 is 11.9 Å². The quantitative estimate of drug-likeness (QED) is 0.123. The fourth-order valence-electron chi connectivity index (χ4n) is 4.99. The maximum atomic E-state index is 13.7. The summed E-state index contributed by atoms with van der Waals surface area (Å²) in [6.07, 6.45) is -18.3. The first-order valence-electron chi connectivity index (χ1n) is 15.7. The molecule has 2 aromatic carbocycles. The topological polar surface area (TPSA) is 175 Å². The Morgan fingerprint density at radius 1 is 0.885 bits per heavy atom. The first kappa shape index (κ1) is 41.6. The van der Waals surface area contributed by atoms with Gasteiger partial charge in [0.1, 0.15) is 11.6 Å². The molecule has 0 saturated heterocycles. The lowest BCUT2D eigenvalue weighted by atomic mass is 9.83. The second-order valence-corrected chi connectivity index (χ2v) is 13.5. The van der Waals surface area contributed by atoms with Gasteiger partial charge in [0.2, 0.25) is 18.0 Å².